The molecule has 1 amide bonds. The number of hydrogen-bond donors (Lipinski definition) is 2. The highest BCUT2D eigenvalue weighted by Crippen LogP contribution is 2.11. The monoisotopic (exact) mass is 300 g/mol. The zero-order valence-electron chi connectivity index (χ0n) is 10.9. The Bertz CT molecular complexity index is 589. The molecule has 1 heterocycles. The van der Waals surface area contributed by atoms with E-state index in [0.717, 1.165) is 0 Å². The van der Waals surface area contributed by atoms with Crippen molar-refractivity contribution in [1.82, 2.24) is 5.32 Å². The van der Waals surface area contributed by atoms with Crippen LogP contribution in [0.3, 0.4) is 0 Å². The predicted molar refractivity (Wildman–Crippen MR) is 74.7 cm³/mol. The zero-order valence-corrected chi connectivity index (χ0v) is 11.7. The van der Waals surface area contributed by atoms with Crippen molar-refractivity contribution >= 4 is 21.4 Å². The van der Waals surface area contributed by atoms with Crippen molar-refractivity contribution in [2.45, 2.75) is 18.9 Å². The maximum atomic E-state index is 12.9. The zero-order chi connectivity index (χ0) is 14.6. The Morgan fingerprint density at radius 1 is 1.40 bits per heavy atom. The van der Waals surface area contributed by atoms with Gasteiger partial charge in [0.2, 0.25) is 5.91 Å². The molecule has 1 aromatic rings. The maximum absolute atomic E-state index is 12.9. The van der Waals surface area contributed by atoms with Crippen LogP contribution >= 0.6 is 0 Å². The topological polar surface area (TPSA) is 75.3 Å². The predicted octanol–water partition coefficient (Wildman–Crippen LogP) is 0.931. The molecule has 110 valence electrons. The Morgan fingerprint density at radius 3 is 2.85 bits per heavy atom. The highest BCUT2D eigenvalue weighted by molar-refractivity contribution is 7.91. The second kappa shape index (κ2) is 6.21. The molecule has 2 N–H and O–H groups in total. The van der Waals surface area contributed by atoms with Crippen LogP contribution in [0.15, 0.2) is 24.3 Å². The van der Waals surface area contributed by atoms with Gasteiger partial charge in [-0.3, -0.25) is 4.79 Å². The first-order valence-electron chi connectivity index (χ1n) is 6.44. The van der Waals surface area contributed by atoms with Gasteiger partial charge in [-0.1, -0.05) is 6.07 Å². The van der Waals surface area contributed by atoms with Gasteiger partial charge in [-0.2, -0.15) is 0 Å². The van der Waals surface area contributed by atoms with Crippen molar-refractivity contribution in [3.05, 3.63) is 30.1 Å². The standard InChI is InChI=1S/C13H17FN2O3S/c14-10-2-1-3-11(8-10)15-6-4-13(17)16-12-5-7-20(18,19)9-12/h1-3,8,12,15H,4-7,9H2,(H,16,17). The first kappa shape index (κ1) is 14.8. The summed E-state index contributed by atoms with van der Waals surface area (Å²) in [5.41, 5.74) is 0.612. The van der Waals surface area contributed by atoms with Gasteiger partial charge in [-0.25, -0.2) is 12.8 Å². The summed E-state index contributed by atoms with van der Waals surface area (Å²) in [5.74, 6) is -0.373. The number of sulfone groups is 1. The molecule has 0 saturated carbocycles. The number of carbonyl (C=O) groups excluding carboxylic acids is 1. The number of hydrogen-bond acceptors (Lipinski definition) is 4. The Hall–Kier alpha value is -1.63. The number of nitrogens with one attached hydrogen (secondary N) is 2. The number of halogens is 1. The van der Waals surface area contributed by atoms with Gasteiger partial charge in [0.25, 0.3) is 0 Å². The largest absolute Gasteiger partial charge is 0.384 e. The highest BCUT2D eigenvalue weighted by atomic mass is 32.2. The summed E-state index contributed by atoms with van der Waals surface area (Å²) in [6, 6.07) is 5.72. The van der Waals surface area contributed by atoms with Crippen molar-refractivity contribution in [2.24, 2.45) is 0 Å². The van der Waals surface area contributed by atoms with Gasteiger partial charge in [0.05, 0.1) is 11.5 Å². The van der Waals surface area contributed by atoms with E-state index in [2.05, 4.69) is 10.6 Å². The minimum atomic E-state index is -2.98. The van der Waals surface area contributed by atoms with Crippen LogP contribution in [0.4, 0.5) is 10.1 Å². The lowest BCUT2D eigenvalue weighted by Gasteiger charge is -2.11. The Morgan fingerprint density at radius 2 is 2.20 bits per heavy atom. The van der Waals surface area contributed by atoms with Crippen LogP contribution in [0.25, 0.3) is 0 Å². The van der Waals surface area contributed by atoms with Crippen molar-refractivity contribution in [3.63, 3.8) is 0 Å². The Balaban J connectivity index is 1.71. The third kappa shape index (κ3) is 4.48. The van der Waals surface area contributed by atoms with E-state index >= 15 is 0 Å². The fourth-order valence-electron chi connectivity index (χ4n) is 2.13. The van der Waals surface area contributed by atoms with Gasteiger partial charge < -0.3 is 10.6 Å². The van der Waals surface area contributed by atoms with E-state index < -0.39 is 9.84 Å². The molecule has 0 bridgehead atoms. The quantitative estimate of drug-likeness (QED) is 0.848. The second-order valence-corrected chi connectivity index (χ2v) is 7.08. The molecule has 0 aromatic heterocycles. The lowest BCUT2D eigenvalue weighted by atomic mass is 10.2. The number of rotatable bonds is 5. The maximum Gasteiger partial charge on any atom is 0.222 e. The SMILES string of the molecule is O=C(CCNc1cccc(F)c1)NC1CCS(=O)(=O)C1. The van der Waals surface area contributed by atoms with E-state index in [1.807, 2.05) is 0 Å². The molecule has 20 heavy (non-hydrogen) atoms. The van der Waals surface area contributed by atoms with Crippen LogP contribution in [-0.4, -0.2) is 38.4 Å². The van der Waals surface area contributed by atoms with Crippen LogP contribution in [0, 0.1) is 5.82 Å². The van der Waals surface area contributed by atoms with E-state index in [1.54, 1.807) is 12.1 Å². The summed E-state index contributed by atoms with van der Waals surface area (Å²) in [4.78, 5) is 11.6. The van der Waals surface area contributed by atoms with E-state index in [0.29, 0.717) is 18.7 Å². The third-order valence-corrected chi connectivity index (χ3v) is 4.87. The minimum absolute atomic E-state index is 0.0239. The number of carbonyl (C=O) groups is 1. The fraction of sp³-hybridized carbons (Fsp3) is 0.462. The van der Waals surface area contributed by atoms with Gasteiger partial charge in [-0.05, 0) is 24.6 Å². The summed E-state index contributed by atoms with van der Waals surface area (Å²) in [6.07, 6.45) is 0.693. The minimum Gasteiger partial charge on any atom is -0.384 e. The number of benzene rings is 1. The Labute approximate surface area is 117 Å². The number of amides is 1. The first-order valence-corrected chi connectivity index (χ1v) is 8.26. The van der Waals surface area contributed by atoms with Gasteiger partial charge in [0, 0.05) is 24.7 Å². The summed E-state index contributed by atoms with van der Waals surface area (Å²) in [6.45, 7) is 0.370. The van der Waals surface area contributed by atoms with E-state index in [1.165, 1.54) is 12.1 Å². The number of anilines is 1. The average molecular weight is 300 g/mol. The molecule has 0 aliphatic carbocycles. The summed E-state index contributed by atoms with van der Waals surface area (Å²) < 4.78 is 35.4. The van der Waals surface area contributed by atoms with Crippen LogP contribution in [0.2, 0.25) is 0 Å². The van der Waals surface area contributed by atoms with Crippen molar-refractivity contribution in [2.75, 3.05) is 23.4 Å². The fourth-order valence-corrected chi connectivity index (χ4v) is 3.80. The summed E-state index contributed by atoms with van der Waals surface area (Å²) in [7, 11) is -2.98. The Kier molecular flexibility index (Phi) is 4.59. The van der Waals surface area contributed by atoms with Crippen molar-refractivity contribution in [1.29, 1.82) is 0 Å². The molecular weight excluding hydrogens is 283 g/mol. The first-order chi connectivity index (χ1) is 9.44. The molecule has 7 heteroatoms. The molecular formula is C13H17FN2O3S. The summed E-state index contributed by atoms with van der Waals surface area (Å²) in [5, 5.41) is 5.64. The second-order valence-electron chi connectivity index (χ2n) is 4.85. The van der Waals surface area contributed by atoms with Crippen molar-refractivity contribution in [3.8, 4) is 0 Å². The molecule has 1 saturated heterocycles. The van der Waals surface area contributed by atoms with E-state index in [-0.39, 0.29) is 35.7 Å². The average Bonchev–Trinajstić information content (AvgIpc) is 2.68. The van der Waals surface area contributed by atoms with Gasteiger partial charge in [0.1, 0.15) is 5.82 Å². The van der Waals surface area contributed by atoms with Crippen LogP contribution < -0.4 is 10.6 Å². The molecule has 1 aliphatic rings. The highest BCUT2D eigenvalue weighted by Gasteiger charge is 2.28. The molecule has 0 radical (unpaired) electrons. The summed E-state index contributed by atoms with van der Waals surface area (Å²) >= 11 is 0. The molecule has 1 unspecified atom stereocenters. The molecule has 1 atom stereocenters. The van der Waals surface area contributed by atoms with Crippen LogP contribution in [-0.2, 0) is 14.6 Å². The lowest BCUT2D eigenvalue weighted by molar-refractivity contribution is -0.121. The molecule has 2 rings (SSSR count). The van der Waals surface area contributed by atoms with Crippen LogP contribution in [0.5, 0.6) is 0 Å². The molecule has 1 aliphatic heterocycles. The normalized spacial score (nSPS) is 20.6. The van der Waals surface area contributed by atoms with Gasteiger partial charge in [0.15, 0.2) is 9.84 Å². The molecule has 0 spiro atoms. The van der Waals surface area contributed by atoms with Gasteiger partial charge in [-0.15, -0.1) is 0 Å². The van der Waals surface area contributed by atoms with E-state index in [9.17, 15) is 17.6 Å². The van der Waals surface area contributed by atoms with Crippen molar-refractivity contribution < 1.29 is 17.6 Å². The third-order valence-electron chi connectivity index (χ3n) is 3.10. The smallest absolute Gasteiger partial charge is 0.222 e. The molecule has 5 nitrogen and oxygen atoms in total. The van der Waals surface area contributed by atoms with Crippen LogP contribution in [0.1, 0.15) is 12.8 Å². The molecule has 1 aromatic carbocycles. The van der Waals surface area contributed by atoms with Gasteiger partial charge >= 0.3 is 0 Å². The molecule has 1 fully saturated rings. The lowest BCUT2D eigenvalue weighted by Crippen LogP contribution is -2.36. The van der Waals surface area contributed by atoms with E-state index in [4.69, 9.17) is 0 Å².